The smallest absolute Gasteiger partial charge is 0.256 e. The lowest BCUT2D eigenvalue weighted by molar-refractivity contribution is -0.130. The quantitative estimate of drug-likeness (QED) is 0.478. The fourth-order valence-electron chi connectivity index (χ4n) is 4.52. The van der Waals surface area contributed by atoms with Crippen LogP contribution in [-0.4, -0.2) is 47.2 Å². The minimum atomic E-state index is -0.146. The van der Waals surface area contributed by atoms with Crippen LogP contribution in [0.2, 0.25) is 0 Å². The average molecular weight is 435 g/mol. The van der Waals surface area contributed by atoms with Gasteiger partial charge in [-0.2, -0.15) is 0 Å². The lowest BCUT2D eigenvalue weighted by Crippen LogP contribution is -2.34. The number of rotatable bonds is 6. The Morgan fingerprint density at radius 2 is 1.97 bits per heavy atom. The topological polar surface area (TPSA) is 94.3 Å². The maximum atomic E-state index is 12.9. The first-order chi connectivity index (χ1) is 15.5. The highest BCUT2D eigenvalue weighted by Gasteiger charge is 2.25. The van der Waals surface area contributed by atoms with Gasteiger partial charge in [0, 0.05) is 48.7 Å². The van der Waals surface area contributed by atoms with Crippen molar-refractivity contribution < 1.29 is 14.4 Å². The van der Waals surface area contributed by atoms with Gasteiger partial charge in [0.25, 0.3) is 11.8 Å². The molecule has 3 N–H and O–H groups in total. The molecule has 3 heterocycles. The summed E-state index contributed by atoms with van der Waals surface area (Å²) in [4.78, 5) is 42.6. The monoisotopic (exact) mass is 434 g/mol. The van der Waals surface area contributed by atoms with Crippen LogP contribution in [0.4, 0.5) is 5.69 Å². The Labute approximate surface area is 188 Å². The second kappa shape index (κ2) is 9.42. The minimum absolute atomic E-state index is 0.139. The first-order valence-electron chi connectivity index (χ1n) is 11.3. The summed E-state index contributed by atoms with van der Waals surface area (Å²) >= 11 is 0. The third-order valence-electron chi connectivity index (χ3n) is 6.26. The van der Waals surface area contributed by atoms with Crippen molar-refractivity contribution in [1.29, 1.82) is 0 Å². The maximum Gasteiger partial charge on any atom is 0.256 e. The number of fused-ring (bicyclic) bond motifs is 1. The van der Waals surface area contributed by atoms with Gasteiger partial charge in [-0.05, 0) is 50.8 Å². The van der Waals surface area contributed by atoms with Crippen molar-refractivity contribution in [3.63, 3.8) is 0 Å². The van der Waals surface area contributed by atoms with Crippen LogP contribution in [-0.2, 0) is 9.59 Å². The number of carbonyl (C=O) groups is 3. The molecule has 0 aliphatic carbocycles. The molecule has 2 aliphatic rings. The normalized spacial score (nSPS) is 17.3. The lowest BCUT2D eigenvalue weighted by Gasteiger charge is -2.20. The molecule has 0 radical (unpaired) electrons. The van der Waals surface area contributed by atoms with Crippen molar-refractivity contribution in [2.75, 3.05) is 25.0 Å². The van der Waals surface area contributed by atoms with Crippen molar-refractivity contribution in [2.45, 2.75) is 46.0 Å². The maximum absolute atomic E-state index is 12.9. The number of nitrogens with zero attached hydrogens (tertiary/aromatic N) is 1. The van der Waals surface area contributed by atoms with E-state index in [4.69, 9.17) is 0 Å². The van der Waals surface area contributed by atoms with Crippen molar-refractivity contribution in [3.8, 4) is 0 Å². The summed E-state index contributed by atoms with van der Waals surface area (Å²) in [6.07, 6.45) is 6.31. The SMILES string of the molecule is Cc1[nH]c(/C=C2\C(=O)Nc3ccccc32)c(C)c1C(=O)NCCCN1CCCCCC1=O. The first-order valence-corrected chi connectivity index (χ1v) is 11.3. The fourth-order valence-corrected chi connectivity index (χ4v) is 4.52. The van der Waals surface area contributed by atoms with Gasteiger partial charge in [-0.25, -0.2) is 0 Å². The molecule has 1 fully saturated rings. The number of benzene rings is 1. The largest absolute Gasteiger partial charge is 0.358 e. The highest BCUT2D eigenvalue weighted by atomic mass is 16.2. The molecule has 4 rings (SSSR count). The highest BCUT2D eigenvalue weighted by molar-refractivity contribution is 6.34. The Bertz CT molecular complexity index is 1080. The number of aryl methyl sites for hydroxylation is 1. The summed E-state index contributed by atoms with van der Waals surface area (Å²) in [5, 5.41) is 5.86. The van der Waals surface area contributed by atoms with Gasteiger partial charge in [0.05, 0.1) is 11.1 Å². The predicted molar refractivity (Wildman–Crippen MR) is 125 cm³/mol. The van der Waals surface area contributed by atoms with E-state index >= 15 is 0 Å². The second-order valence-electron chi connectivity index (χ2n) is 8.52. The summed E-state index contributed by atoms with van der Waals surface area (Å²) in [5.74, 6) is -0.0624. The number of amides is 3. The molecule has 2 aliphatic heterocycles. The zero-order valence-corrected chi connectivity index (χ0v) is 18.7. The summed E-state index contributed by atoms with van der Waals surface area (Å²) in [7, 11) is 0. The number of aromatic amines is 1. The number of nitrogens with one attached hydrogen (secondary N) is 3. The van der Waals surface area contributed by atoms with Crippen LogP contribution in [0.3, 0.4) is 0 Å². The van der Waals surface area contributed by atoms with Crippen LogP contribution in [0.25, 0.3) is 11.6 Å². The Kier molecular flexibility index (Phi) is 6.44. The van der Waals surface area contributed by atoms with Crippen LogP contribution < -0.4 is 10.6 Å². The molecule has 0 saturated carbocycles. The Morgan fingerprint density at radius 1 is 1.16 bits per heavy atom. The second-order valence-corrected chi connectivity index (χ2v) is 8.52. The molecule has 0 bridgehead atoms. The predicted octanol–water partition coefficient (Wildman–Crippen LogP) is 3.65. The van der Waals surface area contributed by atoms with Gasteiger partial charge < -0.3 is 20.5 Å². The van der Waals surface area contributed by atoms with Gasteiger partial charge >= 0.3 is 0 Å². The summed E-state index contributed by atoms with van der Waals surface area (Å²) in [6.45, 7) is 5.76. The number of hydrogen-bond acceptors (Lipinski definition) is 3. The number of H-pyrrole nitrogens is 1. The molecule has 3 amide bonds. The van der Waals surface area contributed by atoms with E-state index in [1.54, 1.807) is 0 Å². The van der Waals surface area contributed by atoms with Crippen LogP contribution >= 0.6 is 0 Å². The van der Waals surface area contributed by atoms with E-state index in [1.807, 2.05) is 49.1 Å². The van der Waals surface area contributed by atoms with Gasteiger partial charge in [0.2, 0.25) is 5.91 Å². The summed E-state index contributed by atoms with van der Waals surface area (Å²) < 4.78 is 0. The Morgan fingerprint density at radius 3 is 2.81 bits per heavy atom. The van der Waals surface area contributed by atoms with Crippen LogP contribution in [0.1, 0.15) is 65.0 Å². The number of carbonyl (C=O) groups excluding carboxylic acids is 3. The molecule has 32 heavy (non-hydrogen) atoms. The van der Waals surface area contributed by atoms with Crippen LogP contribution in [0.5, 0.6) is 0 Å². The molecular weight excluding hydrogens is 404 g/mol. The number of anilines is 1. The van der Waals surface area contributed by atoms with Gasteiger partial charge in [-0.15, -0.1) is 0 Å². The van der Waals surface area contributed by atoms with Gasteiger partial charge in [0.15, 0.2) is 0 Å². The molecule has 2 aromatic rings. The molecule has 0 atom stereocenters. The fraction of sp³-hybridized carbons (Fsp3) is 0.400. The number of aromatic nitrogens is 1. The Hall–Kier alpha value is -3.35. The van der Waals surface area contributed by atoms with Gasteiger partial charge in [-0.3, -0.25) is 14.4 Å². The molecule has 7 heteroatoms. The van der Waals surface area contributed by atoms with E-state index in [0.29, 0.717) is 30.6 Å². The van der Waals surface area contributed by atoms with E-state index in [-0.39, 0.29) is 17.7 Å². The van der Waals surface area contributed by atoms with Crippen molar-refractivity contribution >= 4 is 35.1 Å². The van der Waals surface area contributed by atoms with E-state index < -0.39 is 0 Å². The van der Waals surface area contributed by atoms with Gasteiger partial charge in [0.1, 0.15) is 0 Å². The minimum Gasteiger partial charge on any atom is -0.358 e. The van der Waals surface area contributed by atoms with Crippen molar-refractivity contribution in [3.05, 3.63) is 52.3 Å². The van der Waals surface area contributed by atoms with Crippen molar-refractivity contribution in [1.82, 2.24) is 15.2 Å². The van der Waals surface area contributed by atoms with Crippen LogP contribution in [0, 0.1) is 13.8 Å². The lowest BCUT2D eigenvalue weighted by atomic mass is 10.0. The highest BCUT2D eigenvalue weighted by Crippen LogP contribution is 2.33. The van der Waals surface area contributed by atoms with E-state index in [9.17, 15) is 14.4 Å². The molecule has 1 saturated heterocycles. The Balaban J connectivity index is 1.41. The molecule has 168 valence electrons. The third-order valence-corrected chi connectivity index (χ3v) is 6.26. The number of hydrogen-bond donors (Lipinski definition) is 3. The molecule has 1 aromatic carbocycles. The average Bonchev–Trinajstić information content (AvgIpc) is 3.13. The summed E-state index contributed by atoms with van der Waals surface area (Å²) in [5.41, 5.74) is 5.18. The molecule has 0 unspecified atom stereocenters. The zero-order chi connectivity index (χ0) is 22.7. The molecule has 1 aromatic heterocycles. The zero-order valence-electron chi connectivity index (χ0n) is 18.7. The standard InChI is InChI=1S/C25H30N4O3/c1-16-21(15-19-18-9-5-6-10-20(18)28-24(19)31)27-17(2)23(16)25(32)26-12-8-14-29-13-7-3-4-11-22(29)30/h5-6,9-10,15,27H,3-4,7-8,11-14H2,1-2H3,(H,26,32)(H,28,31)/b19-15-. The third kappa shape index (κ3) is 4.47. The van der Waals surface area contributed by atoms with Gasteiger partial charge in [-0.1, -0.05) is 24.6 Å². The molecular formula is C25H30N4O3. The number of likely N-dealkylation sites (tertiary alicyclic amines) is 1. The van der Waals surface area contributed by atoms with Crippen LogP contribution in [0.15, 0.2) is 24.3 Å². The van der Waals surface area contributed by atoms with E-state index in [1.165, 1.54) is 0 Å². The van der Waals surface area contributed by atoms with E-state index in [2.05, 4.69) is 15.6 Å². The molecule has 7 nitrogen and oxygen atoms in total. The summed E-state index contributed by atoms with van der Waals surface area (Å²) in [6, 6.07) is 7.57. The molecule has 0 spiro atoms. The number of para-hydroxylation sites is 1. The van der Waals surface area contributed by atoms with Crippen molar-refractivity contribution in [2.24, 2.45) is 0 Å². The van der Waals surface area contributed by atoms with E-state index in [0.717, 1.165) is 60.4 Å². The first kappa shape index (κ1) is 21.9.